The number of aryl methyl sites for hydroxylation is 1. The molecular formula is C22H41N5O5S. The lowest BCUT2D eigenvalue weighted by atomic mass is 9.92. The average Bonchev–Trinajstić information content (AvgIpc) is 2.79. The van der Waals surface area contributed by atoms with Gasteiger partial charge in [-0.05, 0) is 46.0 Å². The molecule has 11 heteroatoms. The highest BCUT2D eigenvalue weighted by molar-refractivity contribution is 7.87. The SMILES string of the molecule is CCN(CCNC)CC(C)(C)C(=O)NS(=O)(=O)N1CCOCC1.CNOc1ccccc1C. The van der Waals surface area contributed by atoms with E-state index in [-0.39, 0.29) is 13.1 Å². The van der Waals surface area contributed by atoms with Crippen molar-refractivity contribution in [2.24, 2.45) is 5.41 Å². The summed E-state index contributed by atoms with van der Waals surface area (Å²) in [5, 5.41) is 3.07. The number of para-hydroxylation sites is 1. The van der Waals surface area contributed by atoms with Crippen LogP contribution in [-0.2, 0) is 19.7 Å². The van der Waals surface area contributed by atoms with E-state index in [2.05, 4.69) is 20.4 Å². The van der Waals surface area contributed by atoms with E-state index in [0.717, 1.165) is 30.9 Å². The summed E-state index contributed by atoms with van der Waals surface area (Å²) in [6, 6.07) is 7.86. The van der Waals surface area contributed by atoms with Crippen molar-refractivity contribution in [3.8, 4) is 5.75 Å². The van der Waals surface area contributed by atoms with Crippen LogP contribution in [0.1, 0.15) is 26.3 Å². The summed E-state index contributed by atoms with van der Waals surface area (Å²) < 4.78 is 33.2. The minimum absolute atomic E-state index is 0.270. The van der Waals surface area contributed by atoms with E-state index in [1.807, 2.05) is 45.2 Å². The Balaban J connectivity index is 0.000000451. The zero-order valence-corrected chi connectivity index (χ0v) is 21.6. The largest absolute Gasteiger partial charge is 0.409 e. The molecular weight excluding hydrogens is 446 g/mol. The Bertz CT molecular complexity index is 813. The Kier molecular flexibility index (Phi) is 12.9. The molecule has 10 nitrogen and oxygen atoms in total. The van der Waals surface area contributed by atoms with Gasteiger partial charge < -0.3 is 19.8 Å². The van der Waals surface area contributed by atoms with Crippen molar-refractivity contribution in [3.63, 3.8) is 0 Å². The zero-order chi connectivity index (χ0) is 24.9. The number of ether oxygens (including phenoxy) is 1. The second kappa shape index (κ2) is 14.5. The van der Waals surface area contributed by atoms with Crippen molar-refractivity contribution < 1.29 is 22.8 Å². The molecule has 190 valence electrons. The molecule has 3 N–H and O–H groups in total. The normalized spacial score (nSPS) is 15.0. The van der Waals surface area contributed by atoms with Crippen LogP contribution in [0.4, 0.5) is 0 Å². The number of likely N-dealkylation sites (N-methyl/N-ethyl adjacent to an activating group) is 2. The van der Waals surface area contributed by atoms with Crippen LogP contribution < -0.4 is 20.4 Å². The highest BCUT2D eigenvalue weighted by Gasteiger charge is 2.35. The Hall–Kier alpha value is -1.76. The smallest absolute Gasteiger partial charge is 0.303 e. The number of carbonyl (C=O) groups excluding carboxylic acids is 1. The maximum Gasteiger partial charge on any atom is 0.303 e. The van der Waals surface area contributed by atoms with E-state index >= 15 is 0 Å². The predicted molar refractivity (Wildman–Crippen MR) is 130 cm³/mol. The fraction of sp³-hybridized carbons (Fsp3) is 0.682. The molecule has 0 spiro atoms. The molecule has 0 aliphatic carbocycles. The molecule has 1 aliphatic rings. The van der Waals surface area contributed by atoms with Gasteiger partial charge in [-0.15, -0.1) is 0 Å². The molecule has 1 amide bonds. The van der Waals surface area contributed by atoms with E-state index in [1.54, 1.807) is 20.9 Å². The van der Waals surface area contributed by atoms with E-state index in [1.165, 1.54) is 4.31 Å². The maximum absolute atomic E-state index is 12.5. The van der Waals surface area contributed by atoms with Crippen LogP contribution in [0.15, 0.2) is 24.3 Å². The Morgan fingerprint density at radius 3 is 2.39 bits per heavy atom. The third-order valence-corrected chi connectivity index (χ3v) is 6.68. The van der Waals surface area contributed by atoms with E-state index in [9.17, 15) is 13.2 Å². The number of hydroxylamine groups is 1. The highest BCUT2D eigenvalue weighted by atomic mass is 32.2. The minimum atomic E-state index is -3.80. The molecule has 1 aromatic carbocycles. The first-order valence-corrected chi connectivity index (χ1v) is 12.7. The van der Waals surface area contributed by atoms with Crippen LogP contribution in [0, 0.1) is 12.3 Å². The van der Waals surface area contributed by atoms with Crippen molar-refractivity contribution in [1.29, 1.82) is 0 Å². The number of morpholine rings is 1. The predicted octanol–water partition coefficient (Wildman–Crippen LogP) is 0.755. The van der Waals surface area contributed by atoms with E-state index < -0.39 is 21.5 Å². The van der Waals surface area contributed by atoms with Crippen LogP contribution in [0.2, 0.25) is 0 Å². The van der Waals surface area contributed by atoms with E-state index in [0.29, 0.717) is 19.8 Å². The fourth-order valence-electron chi connectivity index (χ4n) is 3.14. The number of carbonyl (C=O) groups is 1. The third-order valence-electron chi connectivity index (χ3n) is 5.20. The molecule has 1 aliphatic heterocycles. The van der Waals surface area contributed by atoms with Gasteiger partial charge >= 0.3 is 10.2 Å². The summed E-state index contributed by atoms with van der Waals surface area (Å²) in [5.41, 5.74) is 2.96. The van der Waals surface area contributed by atoms with Gasteiger partial charge in [0.15, 0.2) is 0 Å². The van der Waals surface area contributed by atoms with Crippen LogP contribution >= 0.6 is 0 Å². The van der Waals surface area contributed by atoms with Gasteiger partial charge in [-0.1, -0.05) is 25.1 Å². The standard InChI is InChI=1S/C14H30N4O4S.C8H11NO/c1-5-17(7-6-15-4)12-14(2,3)13(19)16-23(20,21)18-8-10-22-11-9-18;1-7-5-3-4-6-8(7)10-9-2/h15H,5-12H2,1-4H3,(H,16,19);3-6,9H,1-2H3. The summed E-state index contributed by atoms with van der Waals surface area (Å²) >= 11 is 0. The number of nitrogens with one attached hydrogen (secondary N) is 3. The van der Waals surface area contributed by atoms with Gasteiger partial charge in [0, 0.05) is 39.8 Å². The van der Waals surface area contributed by atoms with Crippen molar-refractivity contribution in [2.75, 3.05) is 66.6 Å². The molecule has 0 aromatic heterocycles. The van der Waals surface area contributed by atoms with Gasteiger partial charge in [0.25, 0.3) is 0 Å². The molecule has 2 rings (SSSR count). The number of rotatable bonds is 11. The van der Waals surface area contributed by atoms with Crippen LogP contribution in [0.5, 0.6) is 5.75 Å². The van der Waals surface area contributed by atoms with E-state index in [4.69, 9.17) is 9.57 Å². The summed E-state index contributed by atoms with van der Waals surface area (Å²) in [7, 11) is -0.184. The molecule has 0 radical (unpaired) electrons. The van der Waals surface area contributed by atoms with Crippen LogP contribution in [0.25, 0.3) is 0 Å². The summed E-state index contributed by atoms with van der Waals surface area (Å²) in [5.74, 6) is 0.400. The van der Waals surface area contributed by atoms with Crippen LogP contribution in [0.3, 0.4) is 0 Å². The Labute approximate surface area is 199 Å². The second-order valence-corrected chi connectivity index (χ2v) is 10.0. The van der Waals surface area contributed by atoms with Gasteiger partial charge in [0.1, 0.15) is 5.75 Å². The second-order valence-electron chi connectivity index (χ2n) is 8.38. The summed E-state index contributed by atoms with van der Waals surface area (Å²) in [6.07, 6.45) is 0. The quantitative estimate of drug-likeness (QED) is 0.392. The molecule has 0 atom stereocenters. The third kappa shape index (κ3) is 10.4. The molecule has 1 fully saturated rings. The molecule has 1 heterocycles. The molecule has 0 saturated carbocycles. The van der Waals surface area contributed by atoms with Gasteiger partial charge in [-0.3, -0.25) is 4.79 Å². The van der Waals surface area contributed by atoms with Gasteiger partial charge in [-0.25, -0.2) is 4.72 Å². The van der Waals surface area contributed by atoms with Gasteiger partial charge in [0.2, 0.25) is 5.91 Å². The highest BCUT2D eigenvalue weighted by Crippen LogP contribution is 2.18. The monoisotopic (exact) mass is 487 g/mol. The van der Waals surface area contributed by atoms with Crippen molar-refractivity contribution in [3.05, 3.63) is 29.8 Å². The maximum atomic E-state index is 12.5. The molecule has 0 unspecified atom stereocenters. The average molecular weight is 488 g/mol. The number of hydrogen-bond acceptors (Lipinski definition) is 8. The zero-order valence-electron chi connectivity index (χ0n) is 20.8. The van der Waals surface area contributed by atoms with Crippen molar-refractivity contribution in [1.82, 2.24) is 24.7 Å². The first-order valence-electron chi connectivity index (χ1n) is 11.2. The van der Waals surface area contributed by atoms with Gasteiger partial charge in [-0.2, -0.15) is 18.2 Å². The fourth-order valence-corrected chi connectivity index (χ4v) is 4.41. The number of hydrogen-bond donors (Lipinski definition) is 3. The Morgan fingerprint density at radius 1 is 1.21 bits per heavy atom. The molecule has 0 bridgehead atoms. The molecule has 1 aromatic rings. The molecule has 1 saturated heterocycles. The summed E-state index contributed by atoms with van der Waals surface area (Å²) in [6.45, 7) is 11.7. The lowest BCUT2D eigenvalue weighted by Gasteiger charge is -2.32. The topological polar surface area (TPSA) is 112 Å². The van der Waals surface area contributed by atoms with Crippen molar-refractivity contribution >= 4 is 16.1 Å². The first-order chi connectivity index (χ1) is 15.6. The molecule has 33 heavy (non-hydrogen) atoms. The first kappa shape index (κ1) is 29.3. The summed E-state index contributed by atoms with van der Waals surface area (Å²) in [4.78, 5) is 19.7. The lowest BCUT2D eigenvalue weighted by molar-refractivity contribution is -0.128. The number of amides is 1. The van der Waals surface area contributed by atoms with Crippen molar-refractivity contribution in [2.45, 2.75) is 27.7 Å². The Morgan fingerprint density at radius 2 is 1.85 bits per heavy atom. The minimum Gasteiger partial charge on any atom is -0.409 e. The van der Waals surface area contributed by atoms with Gasteiger partial charge in [0.05, 0.1) is 18.6 Å². The van der Waals surface area contributed by atoms with Crippen LogP contribution in [-0.4, -0.2) is 90.1 Å². The number of nitrogens with zero attached hydrogens (tertiary/aromatic N) is 2. The lowest BCUT2D eigenvalue weighted by Crippen LogP contribution is -2.53. The number of benzene rings is 1.